The van der Waals surface area contributed by atoms with Crippen LogP contribution in [0.2, 0.25) is 0 Å². The van der Waals surface area contributed by atoms with Gasteiger partial charge in [-0.2, -0.15) is 12.6 Å². The number of nitrogens with one attached hydrogen (secondary N) is 2. The van der Waals surface area contributed by atoms with Crippen LogP contribution in [0.25, 0.3) is 0 Å². The van der Waals surface area contributed by atoms with Gasteiger partial charge in [0.25, 0.3) is 0 Å². The summed E-state index contributed by atoms with van der Waals surface area (Å²) in [6, 6.07) is -3.32. The van der Waals surface area contributed by atoms with Gasteiger partial charge in [-0.15, -0.1) is 0 Å². The Morgan fingerprint density at radius 3 is 2.33 bits per heavy atom. The molecule has 0 aromatic rings. The molecule has 0 bridgehead atoms. The van der Waals surface area contributed by atoms with Gasteiger partial charge in [0, 0.05) is 18.7 Å². The highest BCUT2D eigenvalue weighted by molar-refractivity contribution is 7.80. The molecule has 152 valence electrons. The molecular weight excluding hydrogens is 380 g/mol. The standard InChI is InChI=1S/C15H24N4O7S/c16-6-11(20)17-9(7-27)13(23)18-8(3-4-12(21)22)14(24)19-5-1-2-10(19)15(25)26/h8-10,27H,1-7,16H2,(H,17,20)(H,18,23)(H,21,22)(H,25,26). The smallest absolute Gasteiger partial charge is 0.326 e. The van der Waals surface area contributed by atoms with Crippen molar-refractivity contribution in [1.82, 2.24) is 15.5 Å². The number of carboxylic acid groups (broad SMARTS) is 2. The van der Waals surface area contributed by atoms with Gasteiger partial charge in [-0.25, -0.2) is 4.79 Å². The number of nitrogens with zero attached hydrogens (tertiary/aromatic N) is 1. The van der Waals surface area contributed by atoms with E-state index in [9.17, 15) is 29.1 Å². The van der Waals surface area contributed by atoms with E-state index in [1.165, 1.54) is 0 Å². The number of hydrogen-bond acceptors (Lipinski definition) is 7. The molecule has 1 aliphatic heterocycles. The van der Waals surface area contributed by atoms with Crippen molar-refractivity contribution in [3.8, 4) is 0 Å². The molecular formula is C15H24N4O7S. The maximum absolute atomic E-state index is 12.7. The quantitative estimate of drug-likeness (QED) is 0.222. The zero-order chi connectivity index (χ0) is 20.6. The maximum Gasteiger partial charge on any atom is 0.326 e. The average molecular weight is 404 g/mol. The van der Waals surface area contributed by atoms with E-state index in [-0.39, 0.29) is 31.7 Å². The highest BCUT2D eigenvalue weighted by atomic mass is 32.1. The van der Waals surface area contributed by atoms with Crippen molar-refractivity contribution < 1.29 is 34.2 Å². The fraction of sp³-hybridized carbons (Fsp3) is 0.667. The molecule has 0 aromatic heterocycles. The molecule has 1 rings (SSSR count). The molecule has 3 unspecified atom stereocenters. The SMILES string of the molecule is NCC(=O)NC(CS)C(=O)NC(CCC(=O)O)C(=O)N1CCCC1C(=O)O. The van der Waals surface area contributed by atoms with Gasteiger partial charge in [0.1, 0.15) is 18.1 Å². The highest BCUT2D eigenvalue weighted by Crippen LogP contribution is 2.19. The summed E-state index contributed by atoms with van der Waals surface area (Å²) in [5.74, 6) is -4.39. The second-order valence-corrected chi connectivity index (χ2v) is 6.39. The van der Waals surface area contributed by atoms with Crippen molar-refractivity contribution in [2.45, 2.75) is 43.8 Å². The first kappa shape index (κ1) is 22.7. The number of carbonyl (C=O) groups is 5. The molecule has 3 atom stereocenters. The number of rotatable bonds is 10. The summed E-state index contributed by atoms with van der Waals surface area (Å²) in [4.78, 5) is 59.8. The summed E-state index contributed by atoms with van der Waals surface area (Å²) in [6.45, 7) is -0.137. The Morgan fingerprint density at radius 2 is 1.81 bits per heavy atom. The zero-order valence-corrected chi connectivity index (χ0v) is 15.5. The van der Waals surface area contributed by atoms with Gasteiger partial charge in [0.2, 0.25) is 17.7 Å². The molecule has 11 nitrogen and oxygen atoms in total. The first-order valence-corrected chi connectivity index (χ1v) is 9.00. The Balaban J connectivity index is 2.90. The van der Waals surface area contributed by atoms with Gasteiger partial charge in [-0.05, 0) is 19.3 Å². The molecule has 0 radical (unpaired) electrons. The van der Waals surface area contributed by atoms with Crippen LogP contribution in [-0.2, 0) is 24.0 Å². The van der Waals surface area contributed by atoms with Crippen molar-refractivity contribution in [1.29, 1.82) is 0 Å². The van der Waals surface area contributed by atoms with Crippen LogP contribution in [0.3, 0.4) is 0 Å². The Kier molecular flexibility index (Phi) is 9.02. The number of amides is 3. The summed E-state index contributed by atoms with van der Waals surface area (Å²) >= 11 is 3.97. The van der Waals surface area contributed by atoms with Crippen LogP contribution in [0.5, 0.6) is 0 Å². The van der Waals surface area contributed by atoms with Gasteiger partial charge in [0.15, 0.2) is 0 Å². The summed E-state index contributed by atoms with van der Waals surface area (Å²) in [5.41, 5.74) is 5.18. The lowest BCUT2D eigenvalue weighted by molar-refractivity contribution is -0.150. The Labute approximate surface area is 161 Å². The van der Waals surface area contributed by atoms with Gasteiger partial charge in [0.05, 0.1) is 6.54 Å². The third kappa shape index (κ3) is 6.71. The molecule has 1 heterocycles. The molecule has 1 aliphatic rings. The minimum Gasteiger partial charge on any atom is -0.481 e. The lowest BCUT2D eigenvalue weighted by Gasteiger charge is -2.28. The van der Waals surface area contributed by atoms with Crippen molar-refractivity contribution in [3.63, 3.8) is 0 Å². The number of carbonyl (C=O) groups excluding carboxylic acids is 3. The van der Waals surface area contributed by atoms with Crippen LogP contribution in [0, 0.1) is 0 Å². The first-order valence-electron chi connectivity index (χ1n) is 8.37. The molecule has 6 N–H and O–H groups in total. The van der Waals surface area contributed by atoms with Crippen LogP contribution in [0.15, 0.2) is 0 Å². The number of carboxylic acids is 2. The van der Waals surface area contributed by atoms with Crippen LogP contribution in [0.4, 0.5) is 0 Å². The third-order valence-corrected chi connectivity index (χ3v) is 4.47. The molecule has 0 spiro atoms. The largest absolute Gasteiger partial charge is 0.481 e. The molecule has 1 saturated heterocycles. The van der Waals surface area contributed by atoms with E-state index in [4.69, 9.17) is 10.8 Å². The second-order valence-electron chi connectivity index (χ2n) is 6.03. The highest BCUT2D eigenvalue weighted by Gasteiger charge is 2.38. The van der Waals surface area contributed by atoms with Crippen LogP contribution >= 0.6 is 12.6 Å². The summed E-state index contributed by atoms with van der Waals surface area (Å²) in [6.07, 6.45) is 0.163. The van der Waals surface area contributed by atoms with Crippen molar-refractivity contribution in [2.24, 2.45) is 5.73 Å². The number of thiol groups is 1. The topological polar surface area (TPSA) is 179 Å². The third-order valence-electron chi connectivity index (χ3n) is 4.10. The monoisotopic (exact) mass is 404 g/mol. The number of aliphatic carboxylic acids is 2. The van der Waals surface area contributed by atoms with E-state index in [0.717, 1.165) is 4.90 Å². The summed E-state index contributed by atoms with van der Waals surface area (Å²) in [5, 5.41) is 22.8. The number of likely N-dealkylation sites (tertiary alicyclic amines) is 1. The molecule has 3 amide bonds. The number of nitrogens with two attached hydrogens (primary N) is 1. The fourth-order valence-electron chi connectivity index (χ4n) is 2.73. The van der Waals surface area contributed by atoms with Crippen LogP contribution < -0.4 is 16.4 Å². The Morgan fingerprint density at radius 1 is 1.15 bits per heavy atom. The first-order chi connectivity index (χ1) is 12.7. The van der Waals surface area contributed by atoms with Crippen molar-refractivity contribution in [2.75, 3.05) is 18.8 Å². The van der Waals surface area contributed by atoms with E-state index in [1.54, 1.807) is 0 Å². The van der Waals surface area contributed by atoms with Gasteiger partial charge >= 0.3 is 11.9 Å². The van der Waals surface area contributed by atoms with Gasteiger partial charge in [-0.3, -0.25) is 19.2 Å². The maximum atomic E-state index is 12.7. The Hall–Kier alpha value is -2.34. The van der Waals surface area contributed by atoms with E-state index in [1.807, 2.05) is 0 Å². The summed E-state index contributed by atoms with van der Waals surface area (Å²) in [7, 11) is 0. The lowest BCUT2D eigenvalue weighted by atomic mass is 10.1. The van der Waals surface area contributed by atoms with Crippen LogP contribution in [-0.4, -0.2) is 81.7 Å². The van der Waals surface area contributed by atoms with E-state index in [2.05, 4.69) is 23.3 Å². The average Bonchev–Trinajstić information content (AvgIpc) is 3.11. The number of hydrogen-bond donors (Lipinski definition) is 6. The van der Waals surface area contributed by atoms with Gasteiger partial charge in [-0.1, -0.05) is 0 Å². The van der Waals surface area contributed by atoms with E-state index in [0.29, 0.717) is 6.42 Å². The normalized spacial score (nSPS) is 18.4. The van der Waals surface area contributed by atoms with Gasteiger partial charge < -0.3 is 31.5 Å². The molecule has 0 aromatic carbocycles. The minimum absolute atomic E-state index is 0.0706. The summed E-state index contributed by atoms with van der Waals surface area (Å²) < 4.78 is 0. The minimum atomic E-state index is -1.23. The lowest BCUT2D eigenvalue weighted by Crippen LogP contribution is -2.56. The van der Waals surface area contributed by atoms with Crippen molar-refractivity contribution >= 4 is 42.3 Å². The Bertz CT molecular complexity index is 601. The predicted molar refractivity (Wildman–Crippen MR) is 96.0 cm³/mol. The predicted octanol–water partition coefficient (Wildman–Crippen LogP) is -2.22. The van der Waals surface area contributed by atoms with E-state index >= 15 is 0 Å². The van der Waals surface area contributed by atoms with Crippen LogP contribution in [0.1, 0.15) is 25.7 Å². The molecule has 27 heavy (non-hydrogen) atoms. The molecule has 12 heteroatoms. The fourth-order valence-corrected chi connectivity index (χ4v) is 2.99. The van der Waals surface area contributed by atoms with Crippen molar-refractivity contribution in [3.05, 3.63) is 0 Å². The molecule has 0 saturated carbocycles. The second kappa shape index (κ2) is 10.7. The molecule has 1 fully saturated rings. The molecule has 0 aliphatic carbocycles. The zero-order valence-electron chi connectivity index (χ0n) is 14.6. The van der Waals surface area contributed by atoms with E-state index < -0.39 is 54.2 Å².